The molecule has 5 heteroatoms. The fraction of sp³-hybridized carbons (Fsp3) is 0.944. The van der Waals surface area contributed by atoms with Crippen molar-refractivity contribution < 1.29 is 9.53 Å². The molecule has 0 aliphatic heterocycles. The summed E-state index contributed by atoms with van der Waals surface area (Å²) in [5.74, 6) is 0. The number of rotatable bonds is 4. The number of thioether (sulfide) groups is 1. The van der Waals surface area contributed by atoms with E-state index in [2.05, 4.69) is 16.9 Å². The Hall–Kier alpha value is -0.420. The van der Waals surface area contributed by atoms with E-state index < -0.39 is 5.60 Å². The van der Waals surface area contributed by atoms with E-state index in [1.165, 1.54) is 25.7 Å². The Kier molecular flexibility index (Phi) is 7.08. The van der Waals surface area contributed by atoms with E-state index in [0.717, 1.165) is 30.9 Å². The van der Waals surface area contributed by atoms with Crippen LogP contribution in [-0.2, 0) is 4.74 Å². The summed E-state index contributed by atoms with van der Waals surface area (Å²) in [6.45, 7) is 5.71. The molecule has 0 aromatic carbocycles. The maximum Gasteiger partial charge on any atom is 0.407 e. The highest BCUT2D eigenvalue weighted by Gasteiger charge is 2.28. The van der Waals surface area contributed by atoms with Gasteiger partial charge in [0.15, 0.2) is 0 Å². The molecule has 2 unspecified atom stereocenters. The van der Waals surface area contributed by atoms with Crippen molar-refractivity contribution in [2.45, 2.75) is 101 Å². The summed E-state index contributed by atoms with van der Waals surface area (Å²) in [6.07, 6.45) is 11.8. The molecule has 2 atom stereocenters. The summed E-state index contributed by atoms with van der Waals surface area (Å²) < 4.78 is 5.34. The van der Waals surface area contributed by atoms with Crippen molar-refractivity contribution in [2.75, 3.05) is 6.26 Å². The van der Waals surface area contributed by atoms with Crippen molar-refractivity contribution in [3.05, 3.63) is 0 Å². The highest BCUT2D eigenvalue weighted by atomic mass is 32.2. The van der Waals surface area contributed by atoms with Crippen LogP contribution in [0.3, 0.4) is 0 Å². The summed E-state index contributed by atoms with van der Waals surface area (Å²) in [7, 11) is 0. The summed E-state index contributed by atoms with van der Waals surface area (Å²) in [6, 6.07) is 1.59. The molecule has 2 aliphatic rings. The third-order valence-corrected chi connectivity index (χ3v) is 5.97. The monoisotopic (exact) mass is 342 g/mol. The highest BCUT2D eigenvalue weighted by molar-refractivity contribution is 7.99. The number of carbonyl (C=O) groups excluding carboxylic acids is 1. The van der Waals surface area contributed by atoms with Crippen LogP contribution in [-0.4, -0.2) is 41.3 Å². The number of nitrogens with one attached hydrogen (secondary N) is 2. The van der Waals surface area contributed by atoms with E-state index >= 15 is 0 Å². The second kappa shape index (κ2) is 8.61. The molecule has 0 bridgehead atoms. The van der Waals surface area contributed by atoms with E-state index in [0.29, 0.717) is 12.1 Å². The number of hydrogen-bond acceptors (Lipinski definition) is 4. The van der Waals surface area contributed by atoms with Gasteiger partial charge in [-0.05, 0) is 72.0 Å². The molecule has 0 aromatic rings. The zero-order valence-corrected chi connectivity index (χ0v) is 16.0. The molecule has 2 aliphatic carbocycles. The SMILES string of the molecule is CSC1CCCC(NC2CCC(NC(=O)OC(C)(C)C)CC2)C1. The van der Waals surface area contributed by atoms with Gasteiger partial charge in [0.2, 0.25) is 0 Å². The van der Waals surface area contributed by atoms with Crippen LogP contribution in [0.2, 0.25) is 0 Å². The molecule has 23 heavy (non-hydrogen) atoms. The van der Waals surface area contributed by atoms with Crippen molar-refractivity contribution in [3.8, 4) is 0 Å². The molecule has 134 valence electrons. The third kappa shape index (κ3) is 6.92. The van der Waals surface area contributed by atoms with Gasteiger partial charge in [-0.2, -0.15) is 11.8 Å². The van der Waals surface area contributed by atoms with Crippen molar-refractivity contribution in [3.63, 3.8) is 0 Å². The number of carbonyl (C=O) groups is 1. The lowest BCUT2D eigenvalue weighted by molar-refractivity contribution is 0.0489. The van der Waals surface area contributed by atoms with Gasteiger partial charge in [-0.3, -0.25) is 0 Å². The summed E-state index contributed by atoms with van der Waals surface area (Å²) in [4.78, 5) is 11.8. The van der Waals surface area contributed by atoms with Crippen LogP contribution in [0.1, 0.15) is 72.1 Å². The number of alkyl carbamates (subject to hydrolysis) is 1. The lowest BCUT2D eigenvalue weighted by Gasteiger charge is -2.35. The minimum absolute atomic E-state index is 0.271. The average molecular weight is 343 g/mol. The summed E-state index contributed by atoms with van der Waals surface area (Å²) in [5.41, 5.74) is -0.419. The number of amides is 1. The minimum Gasteiger partial charge on any atom is -0.444 e. The van der Waals surface area contributed by atoms with Gasteiger partial charge in [-0.25, -0.2) is 4.79 Å². The molecule has 2 saturated carbocycles. The second-order valence-electron chi connectivity index (χ2n) is 8.08. The highest BCUT2D eigenvalue weighted by Crippen LogP contribution is 2.28. The quantitative estimate of drug-likeness (QED) is 0.808. The third-order valence-electron chi connectivity index (χ3n) is 4.88. The molecule has 2 rings (SSSR count). The largest absolute Gasteiger partial charge is 0.444 e. The van der Waals surface area contributed by atoms with E-state index in [-0.39, 0.29) is 12.1 Å². The topological polar surface area (TPSA) is 50.4 Å². The second-order valence-corrected chi connectivity index (χ2v) is 9.22. The smallest absolute Gasteiger partial charge is 0.407 e. The Morgan fingerprint density at radius 1 is 1.00 bits per heavy atom. The molecule has 2 fully saturated rings. The maximum absolute atomic E-state index is 11.8. The maximum atomic E-state index is 11.8. The predicted octanol–water partition coefficient (Wildman–Crippen LogP) is 4.09. The van der Waals surface area contributed by atoms with Gasteiger partial charge in [-0.15, -0.1) is 0 Å². The molecule has 1 amide bonds. The summed E-state index contributed by atoms with van der Waals surface area (Å²) >= 11 is 2.02. The molecular weight excluding hydrogens is 308 g/mol. The van der Waals surface area contributed by atoms with Crippen LogP contribution >= 0.6 is 11.8 Å². The Morgan fingerprint density at radius 2 is 1.65 bits per heavy atom. The zero-order chi connectivity index (χ0) is 16.9. The first-order valence-corrected chi connectivity index (χ1v) is 10.4. The van der Waals surface area contributed by atoms with E-state index in [1.54, 1.807) is 0 Å². The number of ether oxygens (including phenoxy) is 1. The van der Waals surface area contributed by atoms with Crippen molar-refractivity contribution in [2.24, 2.45) is 0 Å². The van der Waals surface area contributed by atoms with Gasteiger partial charge >= 0.3 is 6.09 Å². The lowest BCUT2D eigenvalue weighted by atomic mass is 9.88. The van der Waals surface area contributed by atoms with Gasteiger partial charge in [0.25, 0.3) is 0 Å². The van der Waals surface area contributed by atoms with Crippen molar-refractivity contribution in [1.29, 1.82) is 0 Å². The molecule has 0 radical (unpaired) electrons. The standard InChI is InChI=1S/C18H34N2O2S/c1-18(2,3)22-17(21)20-14-10-8-13(9-11-14)19-15-6-5-7-16(12-15)23-4/h13-16,19H,5-12H2,1-4H3,(H,20,21). The van der Waals surface area contributed by atoms with Gasteiger partial charge in [0, 0.05) is 23.4 Å². The van der Waals surface area contributed by atoms with E-state index in [1.807, 2.05) is 32.5 Å². The van der Waals surface area contributed by atoms with Crippen LogP contribution in [0.4, 0.5) is 4.79 Å². The zero-order valence-electron chi connectivity index (χ0n) is 15.2. The lowest BCUT2D eigenvalue weighted by Crippen LogP contribution is -2.47. The molecule has 2 N–H and O–H groups in total. The van der Waals surface area contributed by atoms with Crippen molar-refractivity contribution >= 4 is 17.9 Å². The van der Waals surface area contributed by atoms with Gasteiger partial charge in [0.1, 0.15) is 5.60 Å². The predicted molar refractivity (Wildman–Crippen MR) is 98.1 cm³/mol. The minimum atomic E-state index is -0.419. The average Bonchev–Trinajstić information content (AvgIpc) is 2.47. The summed E-state index contributed by atoms with van der Waals surface area (Å²) in [5, 5.41) is 7.74. The Morgan fingerprint density at radius 3 is 2.26 bits per heavy atom. The van der Waals surface area contributed by atoms with Gasteiger partial charge in [-0.1, -0.05) is 6.42 Å². The van der Waals surface area contributed by atoms with Crippen LogP contribution in [0, 0.1) is 0 Å². The van der Waals surface area contributed by atoms with Crippen molar-refractivity contribution in [1.82, 2.24) is 10.6 Å². The van der Waals surface area contributed by atoms with E-state index in [4.69, 9.17) is 4.74 Å². The van der Waals surface area contributed by atoms with Crippen LogP contribution in [0.15, 0.2) is 0 Å². The Balaban J connectivity index is 1.66. The molecule has 0 aromatic heterocycles. The first kappa shape index (κ1) is 18.9. The fourth-order valence-corrected chi connectivity index (χ4v) is 4.55. The fourth-order valence-electron chi connectivity index (χ4n) is 3.72. The van der Waals surface area contributed by atoms with Gasteiger partial charge in [0.05, 0.1) is 0 Å². The Labute approximate surface area is 145 Å². The number of hydrogen-bond donors (Lipinski definition) is 2. The molecule has 0 spiro atoms. The normalized spacial score (nSPS) is 32.3. The molecule has 4 nitrogen and oxygen atoms in total. The van der Waals surface area contributed by atoms with E-state index in [9.17, 15) is 4.79 Å². The molecular formula is C18H34N2O2S. The first-order valence-electron chi connectivity index (χ1n) is 9.14. The van der Waals surface area contributed by atoms with Crippen LogP contribution in [0.25, 0.3) is 0 Å². The van der Waals surface area contributed by atoms with Crippen LogP contribution < -0.4 is 10.6 Å². The Bertz CT molecular complexity index is 376. The first-order chi connectivity index (χ1) is 10.9. The van der Waals surface area contributed by atoms with Gasteiger partial charge < -0.3 is 15.4 Å². The molecule has 0 saturated heterocycles. The molecule has 0 heterocycles. The van der Waals surface area contributed by atoms with Crippen LogP contribution in [0.5, 0.6) is 0 Å².